The summed E-state index contributed by atoms with van der Waals surface area (Å²) in [6.45, 7) is 10.2. The first-order chi connectivity index (χ1) is 12.2. The number of benzene rings is 2. The second-order valence-electron chi connectivity index (χ2n) is 7.61. The maximum absolute atomic E-state index is 6.37. The number of hydrogen-bond acceptors (Lipinski definition) is 4. The molecule has 1 aliphatic rings. The van der Waals surface area contributed by atoms with Crippen LogP contribution in [0.3, 0.4) is 0 Å². The maximum Gasteiger partial charge on any atom is 0.494 e. The Balaban J connectivity index is 1.96. The van der Waals surface area contributed by atoms with Crippen LogP contribution in [0.5, 0.6) is 0 Å². The molecule has 136 valence electrons. The lowest BCUT2D eigenvalue weighted by Crippen LogP contribution is -2.41. The molecule has 2 aromatic rings. The van der Waals surface area contributed by atoms with Crippen molar-refractivity contribution in [3.63, 3.8) is 0 Å². The van der Waals surface area contributed by atoms with Gasteiger partial charge in [0.05, 0.1) is 22.6 Å². The van der Waals surface area contributed by atoms with Gasteiger partial charge >= 0.3 is 7.12 Å². The lowest BCUT2D eigenvalue weighted by molar-refractivity contribution is 0.00578. The molecule has 0 aromatic heterocycles. The van der Waals surface area contributed by atoms with Gasteiger partial charge in [-0.2, -0.15) is 0 Å². The molecule has 2 N–H and O–H groups in total. The molecule has 0 aliphatic carbocycles. The summed E-state index contributed by atoms with van der Waals surface area (Å²) < 4.78 is 12.4. The Bertz CT molecular complexity index is 787. The molecule has 1 aliphatic heterocycles. The molecule has 26 heavy (non-hydrogen) atoms. The van der Waals surface area contributed by atoms with Crippen LogP contribution in [-0.4, -0.2) is 18.3 Å². The third kappa shape index (κ3) is 3.43. The summed E-state index contributed by atoms with van der Waals surface area (Å²) in [5, 5.41) is 1.70. The third-order valence-electron chi connectivity index (χ3n) is 5.22. The molecule has 1 heterocycles. The molecular weight excluding hydrogens is 323 g/mol. The Kier molecular flexibility index (Phi) is 4.97. The summed E-state index contributed by atoms with van der Waals surface area (Å²) >= 11 is 0. The van der Waals surface area contributed by atoms with Crippen LogP contribution in [0.15, 0.2) is 54.6 Å². The molecule has 0 atom stereocenters. The molecule has 0 radical (unpaired) electrons. The summed E-state index contributed by atoms with van der Waals surface area (Å²) in [6, 6.07) is 16.0. The highest BCUT2D eigenvalue weighted by molar-refractivity contribution is 6.62. The summed E-state index contributed by atoms with van der Waals surface area (Å²) in [5.74, 6) is 6.37. The van der Waals surface area contributed by atoms with E-state index in [9.17, 15) is 0 Å². The molecule has 1 saturated heterocycles. The van der Waals surface area contributed by atoms with E-state index in [0.29, 0.717) is 0 Å². The standard InChI is InChI=1S/C21H27BN2O2/c1-6-10-16-15-17(22-25-20(2,3)21(4,5)26-22)13-14-19(16)24(23)18-11-8-7-9-12-18/h6-15H,23H2,1-5H3/b10-6+. The lowest BCUT2D eigenvalue weighted by atomic mass is 9.78. The van der Waals surface area contributed by atoms with Crippen molar-refractivity contribution in [2.45, 2.75) is 45.8 Å². The van der Waals surface area contributed by atoms with Gasteiger partial charge in [-0.3, -0.25) is 5.01 Å². The van der Waals surface area contributed by atoms with Gasteiger partial charge in [0.2, 0.25) is 0 Å². The molecule has 0 unspecified atom stereocenters. The van der Waals surface area contributed by atoms with E-state index in [1.54, 1.807) is 5.01 Å². The van der Waals surface area contributed by atoms with Crippen LogP contribution in [0, 0.1) is 0 Å². The normalized spacial score (nSPS) is 18.5. The molecule has 0 saturated carbocycles. The molecule has 2 aromatic carbocycles. The van der Waals surface area contributed by atoms with E-state index >= 15 is 0 Å². The van der Waals surface area contributed by atoms with Gasteiger partial charge < -0.3 is 9.31 Å². The monoisotopic (exact) mass is 350 g/mol. The minimum absolute atomic E-state index is 0.360. The first-order valence-electron chi connectivity index (χ1n) is 8.97. The van der Waals surface area contributed by atoms with Crippen molar-refractivity contribution in [1.82, 2.24) is 0 Å². The second-order valence-corrected chi connectivity index (χ2v) is 7.61. The minimum atomic E-state index is -0.388. The van der Waals surface area contributed by atoms with Gasteiger partial charge in [-0.05, 0) is 63.8 Å². The van der Waals surface area contributed by atoms with Crippen LogP contribution < -0.4 is 16.3 Å². The van der Waals surface area contributed by atoms with Crippen molar-refractivity contribution >= 4 is 30.0 Å². The van der Waals surface area contributed by atoms with Gasteiger partial charge in [-0.25, -0.2) is 5.84 Å². The van der Waals surface area contributed by atoms with Crippen molar-refractivity contribution in [3.8, 4) is 0 Å². The SMILES string of the molecule is C/C=C/c1cc(B2OC(C)(C)C(C)(C)O2)ccc1N(N)c1ccccc1. The highest BCUT2D eigenvalue weighted by Crippen LogP contribution is 2.37. The Morgan fingerprint density at radius 3 is 2.15 bits per heavy atom. The van der Waals surface area contributed by atoms with E-state index in [1.165, 1.54) is 0 Å². The molecular formula is C21H27BN2O2. The van der Waals surface area contributed by atoms with Crippen LogP contribution in [0.4, 0.5) is 11.4 Å². The Morgan fingerprint density at radius 2 is 1.58 bits per heavy atom. The summed E-state index contributed by atoms with van der Waals surface area (Å²) in [5.41, 5.74) is 3.14. The molecule has 1 fully saturated rings. The van der Waals surface area contributed by atoms with Crippen molar-refractivity contribution in [3.05, 3.63) is 60.2 Å². The lowest BCUT2D eigenvalue weighted by Gasteiger charge is -2.32. The van der Waals surface area contributed by atoms with Crippen molar-refractivity contribution < 1.29 is 9.31 Å². The molecule has 0 bridgehead atoms. The van der Waals surface area contributed by atoms with E-state index in [4.69, 9.17) is 15.2 Å². The first-order valence-corrected chi connectivity index (χ1v) is 8.97. The van der Waals surface area contributed by atoms with Crippen LogP contribution in [0.1, 0.15) is 40.2 Å². The summed E-state index contributed by atoms with van der Waals surface area (Å²) in [6.07, 6.45) is 4.05. The molecule has 4 nitrogen and oxygen atoms in total. The first kappa shape index (κ1) is 18.7. The van der Waals surface area contributed by atoms with E-state index in [0.717, 1.165) is 22.4 Å². The topological polar surface area (TPSA) is 47.7 Å². The van der Waals surface area contributed by atoms with E-state index in [-0.39, 0.29) is 18.3 Å². The number of rotatable bonds is 4. The average Bonchev–Trinajstić information content (AvgIpc) is 2.83. The van der Waals surface area contributed by atoms with Crippen LogP contribution in [0.2, 0.25) is 0 Å². The third-order valence-corrected chi connectivity index (χ3v) is 5.22. The number of hydrogen-bond donors (Lipinski definition) is 1. The molecule has 3 rings (SSSR count). The zero-order valence-electron chi connectivity index (χ0n) is 16.2. The van der Waals surface area contributed by atoms with Gasteiger partial charge in [0.25, 0.3) is 0 Å². The van der Waals surface area contributed by atoms with Crippen LogP contribution >= 0.6 is 0 Å². The number of nitrogens with two attached hydrogens (primary N) is 1. The predicted octanol–water partition coefficient (Wildman–Crippen LogP) is 4.03. The highest BCUT2D eigenvalue weighted by Gasteiger charge is 2.51. The number of allylic oxidation sites excluding steroid dienone is 1. The van der Waals surface area contributed by atoms with E-state index in [1.807, 2.05) is 61.5 Å². The van der Waals surface area contributed by atoms with Crippen LogP contribution in [0.25, 0.3) is 6.08 Å². The smallest absolute Gasteiger partial charge is 0.399 e. The zero-order valence-corrected chi connectivity index (χ0v) is 16.2. The fourth-order valence-corrected chi connectivity index (χ4v) is 2.96. The summed E-state index contributed by atoms with van der Waals surface area (Å²) in [7, 11) is -0.388. The van der Waals surface area contributed by atoms with Crippen molar-refractivity contribution in [2.24, 2.45) is 5.84 Å². The van der Waals surface area contributed by atoms with Crippen molar-refractivity contribution in [2.75, 3.05) is 5.01 Å². The largest absolute Gasteiger partial charge is 0.494 e. The average molecular weight is 350 g/mol. The van der Waals surface area contributed by atoms with Gasteiger partial charge in [0.15, 0.2) is 0 Å². The highest BCUT2D eigenvalue weighted by atomic mass is 16.7. The number of para-hydroxylation sites is 1. The van der Waals surface area contributed by atoms with Gasteiger partial charge in [0.1, 0.15) is 0 Å². The van der Waals surface area contributed by atoms with Crippen molar-refractivity contribution in [1.29, 1.82) is 0 Å². The second kappa shape index (κ2) is 6.91. The summed E-state index contributed by atoms with van der Waals surface area (Å²) in [4.78, 5) is 0. The number of hydrazine groups is 1. The van der Waals surface area contributed by atoms with Gasteiger partial charge in [0, 0.05) is 0 Å². The fourth-order valence-electron chi connectivity index (χ4n) is 2.96. The molecule has 0 amide bonds. The fraction of sp³-hybridized carbons (Fsp3) is 0.333. The Hall–Kier alpha value is -2.08. The molecule has 5 heteroatoms. The van der Waals surface area contributed by atoms with Crippen LogP contribution in [-0.2, 0) is 9.31 Å². The van der Waals surface area contributed by atoms with E-state index < -0.39 is 0 Å². The number of anilines is 2. The van der Waals surface area contributed by atoms with E-state index in [2.05, 4.69) is 33.8 Å². The maximum atomic E-state index is 6.37. The quantitative estimate of drug-likeness (QED) is 0.514. The van der Waals surface area contributed by atoms with Gasteiger partial charge in [-0.1, -0.05) is 42.5 Å². The minimum Gasteiger partial charge on any atom is -0.399 e. The van der Waals surface area contributed by atoms with Gasteiger partial charge in [-0.15, -0.1) is 0 Å². The number of nitrogens with zero attached hydrogens (tertiary/aromatic N) is 1. The Morgan fingerprint density at radius 1 is 0.962 bits per heavy atom. The Labute approximate surface area is 156 Å². The predicted molar refractivity (Wildman–Crippen MR) is 110 cm³/mol. The zero-order chi connectivity index (χ0) is 18.9. The molecule has 0 spiro atoms.